The third-order valence-electron chi connectivity index (χ3n) is 10.4. The molecule has 0 bridgehead atoms. The molecule has 1 unspecified atom stereocenters. The molecule has 0 amide bonds. The van der Waals surface area contributed by atoms with Crippen LogP contribution in [0.2, 0.25) is 28.6 Å². The predicted octanol–water partition coefficient (Wildman–Crippen LogP) is 13.7. The first-order valence-corrected chi connectivity index (χ1v) is 34.5. The molecule has 0 saturated heterocycles. The molecule has 0 aliphatic rings. The Labute approximate surface area is 269 Å². The fourth-order valence-electron chi connectivity index (χ4n) is 7.97. The van der Waals surface area contributed by atoms with Crippen LogP contribution in [0.5, 0.6) is 0 Å². The zero-order valence-corrected chi connectivity index (χ0v) is 35.8. The Morgan fingerprint density at radius 3 is 1.12 bits per heavy atom. The van der Waals surface area contributed by atoms with Crippen LogP contribution >= 0.6 is 0 Å². The zero-order chi connectivity index (χ0) is 30.7. The Kier molecular flexibility index (Phi) is 30.0. The number of rotatable bonds is 32. The van der Waals surface area contributed by atoms with Gasteiger partial charge in [0.15, 0.2) is 0 Å². The molecule has 0 aliphatic carbocycles. The molecule has 0 aromatic carbocycles. The van der Waals surface area contributed by atoms with E-state index in [4.69, 9.17) is 9.47 Å². The summed E-state index contributed by atoms with van der Waals surface area (Å²) in [6.45, 7) is 17.6. The number of unbranched alkanes of at least 4 members (excludes halogenated alkanes) is 11. The molecular weight excluding hydrogens is 714 g/mol. The van der Waals surface area contributed by atoms with Crippen LogP contribution in [-0.2, 0) is 9.47 Å². The maximum absolute atomic E-state index is 6.71. The van der Waals surface area contributed by atoms with E-state index in [1.54, 1.807) is 26.6 Å². The van der Waals surface area contributed by atoms with Crippen molar-refractivity contribution in [2.24, 2.45) is 0 Å². The summed E-state index contributed by atoms with van der Waals surface area (Å²) < 4.78 is 23.6. The van der Waals surface area contributed by atoms with E-state index in [9.17, 15) is 0 Å². The van der Waals surface area contributed by atoms with Crippen LogP contribution in [0.1, 0.15) is 177 Å². The molecule has 248 valence electrons. The second kappa shape index (κ2) is 29.0. The molecule has 0 heterocycles. The average molecular weight is 794 g/mol. The summed E-state index contributed by atoms with van der Waals surface area (Å²) >= 11 is -5.00. The van der Waals surface area contributed by atoms with Gasteiger partial charge in [0.05, 0.1) is 0 Å². The third-order valence-corrected chi connectivity index (χ3v) is 66.8. The van der Waals surface area contributed by atoms with Crippen LogP contribution in [-0.4, -0.2) is 56.8 Å². The molecular formula is C37H80O2Sn2. The zero-order valence-electron chi connectivity index (χ0n) is 30.1. The van der Waals surface area contributed by atoms with Gasteiger partial charge in [0, 0.05) is 0 Å². The van der Waals surface area contributed by atoms with Crippen molar-refractivity contribution in [2.75, 3.05) is 13.9 Å². The normalized spacial score (nSPS) is 13.4. The van der Waals surface area contributed by atoms with Gasteiger partial charge in [-0.15, -0.1) is 0 Å². The SMILES string of the molecule is CCCCCCCCC(C[CH]([Sn]([CH2]CCC)([CH2]CCC)[CH2]CCC)[Sn]([CH2]CCC)([CH2]CCC)[CH2]CCC)OCOC. The van der Waals surface area contributed by atoms with Crippen LogP contribution in [0, 0.1) is 0 Å². The van der Waals surface area contributed by atoms with Crippen molar-refractivity contribution >= 4 is 36.8 Å². The number of methoxy groups -OCH3 is 1. The fourth-order valence-corrected chi connectivity index (χ4v) is 85.8. The standard InChI is InChI=1S/C13H26O2.6C4H9.2Sn/c1-4-6-7-8-9-10-11-13(5-2)15-12-14-3;6*1-3-4-2;;/h2,13H,4-12H2,1,3H3;6*1,3-4H2,2H3;;. The van der Waals surface area contributed by atoms with E-state index in [1.165, 1.54) is 130 Å². The van der Waals surface area contributed by atoms with Gasteiger partial charge in [-0.3, -0.25) is 0 Å². The van der Waals surface area contributed by atoms with E-state index in [-0.39, 0.29) is 0 Å². The number of hydrogen-bond donors (Lipinski definition) is 0. The molecule has 4 heteroatoms. The monoisotopic (exact) mass is 796 g/mol. The van der Waals surface area contributed by atoms with Gasteiger partial charge in [-0.2, -0.15) is 0 Å². The Balaban J connectivity index is 6.77. The van der Waals surface area contributed by atoms with E-state index in [2.05, 4.69) is 48.5 Å². The second-order valence-corrected chi connectivity index (χ2v) is 46.7. The molecule has 0 spiro atoms. The average Bonchev–Trinajstić information content (AvgIpc) is 2.99. The van der Waals surface area contributed by atoms with Crippen LogP contribution in [0.4, 0.5) is 0 Å². The summed E-state index contributed by atoms with van der Waals surface area (Å²) in [5.41, 5.74) is 0. The van der Waals surface area contributed by atoms with E-state index in [0.29, 0.717) is 12.9 Å². The summed E-state index contributed by atoms with van der Waals surface area (Å²) in [7, 11) is 1.83. The summed E-state index contributed by atoms with van der Waals surface area (Å²) in [5, 5.41) is 0. The first kappa shape index (κ1) is 42.5. The maximum atomic E-state index is 6.71. The van der Waals surface area contributed by atoms with Crippen molar-refractivity contribution in [3.05, 3.63) is 0 Å². The van der Waals surface area contributed by atoms with Crippen molar-refractivity contribution < 1.29 is 9.47 Å². The van der Waals surface area contributed by atoms with Crippen molar-refractivity contribution in [3.8, 4) is 0 Å². The molecule has 0 N–H and O–H groups in total. The van der Waals surface area contributed by atoms with E-state index in [1.807, 2.05) is 7.11 Å². The van der Waals surface area contributed by atoms with Gasteiger partial charge in [-0.25, -0.2) is 0 Å². The minimum absolute atomic E-state index is 0.438. The topological polar surface area (TPSA) is 18.5 Å². The van der Waals surface area contributed by atoms with Crippen molar-refractivity contribution in [2.45, 2.75) is 212 Å². The van der Waals surface area contributed by atoms with Crippen molar-refractivity contribution in [1.82, 2.24) is 0 Å². The van der Waals surface area contributed by atoms with Gasteiger partial charge < -0.3 is 0 Å². The van der Waals surface area contributed by atoms with Crippen LogP contribution < -0.4 is 0 Å². The second-order valence-electron chi connectivity index (χ2n) is 13.9. The molecule has 0 aliphatic heterocycles. The van der Waals surface area contributed by atoms with Gasteiger partial charge in [0.25, 0.3) is 0 Å². The minimum atomic E-state index is -2.50. The molecule has 0 radical (unpaired) electrons. The Morgan fingerprint density at radius 1 is 0.439 bits per heavy atom. The van der Waals surface area contributed by atoms with E-state index >= 15 is 0 Å². The van der Waals surface area contributed by atoms with Gasteiger partial charge >= 0.3 is 272 Å². The van der Waals surface area contributed by atoms with Gasteiger partial charge in [0.1, 0.15) is 0 Å². The van der Waals surface area contributed by atoms with Crippen LogP contribution in [0.25, 0.3) is 0 Å². The molecule has 2 nitrogen and oxygen atoms in total. The molecule has 0 aromatic rings. The summed E-state index contributed by atoms with van der Waals surface area (Å²) in [5.74, 6) is 0. The van der Waals surface area contributed by atoms with E-state index in [0.717, 1.165) is 0 Å². The van der Waals surface area contributed by atoms with Gasteiger partial charge in [-0.05, 0) is 0 Å². The Morgan fingerprint density at radius 2 is 0.780 bits per heavy atom. The fraction of sp³-hybridized carbons (Fsp3) is 1.00. The van der Waals surface area contributed by atoms with Crippen molar-refractivity contribution in [3.63, 3.8) is 0 Å². The number of hydrogen-bond acceptors (Lipinski definition) is 2. The molecule has 0 aromatic heterocycles. The van der Waals surface area contributed by atoms with E-state index < -0.39 is 36.8 Å². The quantitative estimate of drug-likeness (QED) is 0.0384. The Bertz CT molecular complexity index is 465. The summed E-state index contributed by atoms with van der Waals surface area (Å²) in [6, 6.07) is 0. The predicted molar refractivity (Wildman–Crippen MR) is 193 cm³/mol. The Hall–Kier alpha value is 1.52. The molecule has 41 heavy (non-hydrogen) atoms. The molecule has 0 saturated carbocycles. The van der Waals surface area contributed by atoms with Crippen molar-refractivity contribution in [1.29, 1.82) is 0 Å². The van der Waals surface area contributed by atoms with Crippen LogP contribution in [0.3, 0.4) is 0 Å². The molecule has 0 fully saturated rings. The first-order chi connectivity index (χ1) is 20.0. The number of ether oxygens (including phenoxy) is 2. The van der Waals surface area contributed by atoms with Gasteiger partial charge in [0.2, 0.25) is 0 Å². The third kappa shape index (κ3) is 18.3. The molecule has 0 rings (SSSR count). The molecule has 1 atom stereocenters. The summed E-state index contributed by atoms with van der Waals surface area (Å²) in [6.07, 6.45) is 28.9. The van der Waals surface area contributed by atoms with Crippen LogP contribution in [0.15, 0.2) is 0 Å². The van der Waals surface area contributed by atoms with Gasteiger partial charge in [-0.1, -0.05) is 0 Å². The first-order valence-electron chi connectivity index (χ1n) is 19.1. The summed E-state index contributed by atoms with van der Waals surface area (Å²) in [4.78, 5) is 0.